The molecule has 0 aromatic rings. The Bertz CT molecular complexity index is 567. The molecule has 0 aromatic carbocycles. The zero-order valence-corrected chi connectivity index (χ0v) is 17.8. The lowest BCUT2D eigenvalue weighted by atomic mass is 9.83. The predicted molar refractivity (Wildman–Crippen MR) is 113 cm³/mol. The molecule has 1 rings (SSSR count). The molecule has 4 nitrogen and oxygen atoms in total. The second-order valence-electron chi connectivity index (χ2n) is 7.68. The second kappa shape index (κ2) is 13.5. The van der Waals surface area contributed by atoms with Crippen molar-refractivity contribution in [1.82, 2.24) is 0 Å². The van der Waals surface area contributed by atoms with Gasteiger partial charge in [0.25, 0.3) is 5.79 Å². The second-order valence-corrected chi connectivity index (χ2v) is 7.68. The highest BCUT2D eigenvalue weighted by Crippen LogP contribution is 2.37. The van der Waals surface area contributed by atoms with E-state index in [4.69, 9.17) is 0 Å². The summed E-state index contributed by atoms with van der Waals surface area (Å²) in [7, 11) is 1.13. The Labute approximate surface area is 170 Å². The quantitative estimate of drug-likeness (QED) is 0.151. The largest absolute Gasteiger partial charge is 0.465 e. The van der Waals surface area contributed by atoms with E-state index in [0.29, 0.717) is 17.8 Å². The zero-order valence-electron chi connectivity index (χ0n) is 17.8. The number of allylic oxidation sites excluding steroid dienone is 4. The molecule has 0 saturated heterocycles. The Balaban J connectivity index is 2.60. The van der Waals surface area contributed by atoms with Crippen LogP contribution in [0.1, 0.15) is 71.6 Å². The van der Waals surface area contributed by atoms with Gasteiger partial charge in [-0.05, 0) is 55.6 Å². The summed E-state index contributed by atoms with van der Waals surface area (Å²) in [5.41, 5.74) is 2.99. The summed E-state index contributed by atoms with van der Waals surface area (Å²) >= 11 is 0. The summed E-state index contributed by atoms with van der Waals surface area (Å²) in [5.74, 6) is -2.01. The molecule has 0 amide bonds. The van der Waals surface area contributed by atoms with Crippen LogP contribution in [0.4, 0.5) is 0 Å². The van der Waals surface area contributed by atoms with Crippen LogP contribution >= 0.6 is 0 Å². The van der Waals surface area contributed by atoms with E-state index in [1.807, 2.05) is 6.08 Å². The van der Waals surface area contributed by atoms with Crippen molar-refractivity contribution in [2.45, 2.75) is 77.4 Å². The molecular formula is C24H38O4. The third-order valence-electron chi connectivity index (χ3n) is 5.35. The minimum Gasteiger partial charge on any atom is -0.465 e. The summed E-state index contributed by atoms with van der Waals surface area (Å²) in [4.78, 5) is 11.3. The van der Waals surface area contributed by atoms with Crippen molar-refractivity contribution in [3.8, 4) is 0 Å². The first-order chi connectivity index (χ1) is 13.5. The summed E-state index contributed by atoms with van der Waals surface area (Å²) in [6.45, 7) is 4.45. The number of ether oxygens (including phenoxy) is 1. The van der Waals surface area contributed by atoms with Crippen LogP contribution in [0.25, 0.3) is 0 Å². The minimum atomic E-state index is -2.49. The van der Waals surface area contributed by atoms with Gasteiger partial charge in [0.15, 0.2) is 0 Å². The molecule has 0 fully saturated rings. The molecule has 1 aliphatic rings. The van der Waals surface area contributed by atoms with Crippen LogP contribution in [0.3, 0.4) is 0 Å². The lowest BCUT2D eigenvalue weighted by Crippen LogP contribution is -2.38. The zero-order chi connectivity index (χ0) is 20.8. The van der Waals surface area contributed by atoms with Gasteiger partial charge in [0, 0.05) is 6.42 Å². The molecule has 0 heterocycles. The van der Waals surface area contributed by atoms with Gasteiger partial charge < -0.3 is 14.9 Å². The van der Waals surface area contributed by atoms with Crippen molar-refractivity contribution < 1.29 is 19.7 Å². The maximum atomic E-state index is 11.3. The Morgan fingerprint density at radius 3 is 2.61 bits per heavy atom. The van der Waals surface area contributed by atoms with Crippen LogP contribution in [-0.4, -0.2) is 29.1 Å². The summed E-state index contributed by atoms with van der Waals surface area (Å²) in [5, 5.41) is 19.2. The maximum Gasteiger partial charge on any atom is 0.366 e. The summed E-state index contributed by atoms with van der Waals surface area (Å²) in [6, 6.07) is 0. The first kappa shape index (κ1) is 24.4. The SMILES string of the molecule is CCCCCCC=C[C@H]1C=C[C@H](CCC)[C@@H]1CC=C=CCC(O)(O)C(=O)OC. The van der Waals surface area contributed by atoms with E-state index in [2.05, 4.69) is 48.6 Å². The third kappa shape index (κ3) is 8.60. The number of unbranched alkanes of at least 4 members (excludes halogenated alkanes) is 4. The molecule has 0 unspecified atom stereocenters. The van der Waals surface area contributed by atoms with Gasteiger partial charge in [0.1, 0.15) is 0 Å². The lowest BCUT2D eigenvalue weighted by Gasteiger charge is -2.22. The van der Waals surface area contributed by atoms with Crippen molar-refractivity contribution >= 4 is 5.97 Å². The highest BCUT2D eigenvalue weighted by molar-refractivity contribution is 5.77. The van der Waals surface area contributed by atoms with Gasteiger partial charge in [-0.1, -0.05) is 63.8 Å². The van der Waals surface area contributed by atoms with E-state index < -0.39 is 11.8 Å². The molecule has 3 atom stereocenters. The van der Waals surface area contributed by atoms with E-state index in [-0.39, 0.29) is 6.42 Å². The number of carbonyl (C=O) groups excluding carboxylic acids is 1. The molecule has 0 saturated carbocycles. The van der Waals surface area contributed by atoms with Crippen molar-refractivity contribution in [3.63, 3.8) is 0 Å². The molecule has 0 spiro atoms. The van der Waals surface area contributed by atoms with Crippen LogP contribution in [0.2, 0.25) is 0 Å². The molecule has 1 aliphatic carbocycles. The number of carbonyl (C=O) groups is 1. The topological polar surface area (TPSA) is 66.8 Å². The van der Waals surface area contributed by atoms with Gasteiger partial charge in [0.2, 0.25) is 0 Å². The van der Waals surface area contributed by atoms with Crippen molar-refractivity contribution in [2.24, 2.45) is 17.8 Å². The lowest BCUT2D eigenvalue weighted by molar-refractivity contribution is -0.205. The average molecular weight is 391 g/mol. The van der Waals surface area contributed by atoms with E-state index in [1.54, 1.807) is 0 Å². The fourth-order valence-electron chi connectivity index (χ4n) is 3.70. The van der Waals surface area contributed by atoms with E-state index in [0.717, 1.165) is 26.4 Å². The Kier molecular flexibility index (Phi) is 11.8. The van der Waals surface area contributed by atoms with Crippen LogP contribution in [0.5, 0.6) is 0 Å². The molecule has 0 aromatic heterocycles. The number of methoxy groups -OCH3 is 1. The molecular weight excluding hydrogens is 352 g/mol. The standard InChI is InChI=1S/C24H38O4/c1-4-6-7-8-9-11-15-21-18-17-20(14-5-2)22(21)16-12-10-13-19-24(26,27)23(25)28-3/h11-13,15,17-18,20-22,26-27H,4-9,14,16,19H2,1-3H3/t10?,20-,21-,22-/m0/s1. The van der Waals surface area contributed by atoms with Gasteiger partial charge in [0.05, 0.1) is 7.11 Å². The maximum absolute atomic E-state index is 11.3. The van der Waals surface area contributed by atoms with Gasteiger partial charge in [-0.3, -0.25) is 0 Å². The normalized spacial score (nSPS) is 21.7. The van der Waals surface area contributed by atoms with Crippen LogP contribution in [0, 0.1) is 17.8 Å². The van der Waals surface area contributed by atoms with E-state index in [9.17, 15) is 15.0 Å². The Morgan fingerprint density at radius 2 is 1.93 bits per heavy atom. The van der Waals surface area contributed by atoms with Crippen molar-refractivity contribution in [2.75, 3.05) is 7.11 Å². The molecule has 0 radical (unpaired) electrons. The third-order valence-corrected chi connectivity index (χ3v) is 5.35. The minimum absolute atomic E-state index is 0.238. The highest BCUT2D eigenvalue weighted by atomic mass is 16.6. The van der Waals surface area contributed by atoms with Crippen molar-refractivity contribution in [1.29, 1.82) is 0 Å². The molecule has 0 bridgehead atoms. The number of aliphatic hydroxyl groups is 2. The van der Waals surface area contributed by atoms with Gasteiger partial charge >= 0.3 is 5.97 Å². The molecule has 2 N–H and O–H groups in total. The fraction of sp³-hybridized carbons (Fsp3) is 0.667. The van der Waals surface area contributed by atoms with Crippen LogP contribution < -0.4 is 0 Å². The summed E-state index contributed by atoms with van der Waals surface area (Å²) < 4.78 is 4.36. The first-order valence-corrected chi connectivity index (χ1v) is 10.7. The average Bonchev–Trinajstić information content (AvgIpc) is 3.05. The predicted octanol–water partition coefficient (Wildman–Crippen LogP) is 5.08. The van der Waals surface area contributed by atoms with Gasteiger partial charge in [-0.25, -0.2) is 4.79 Å². The fourth-order valence-corrected chi connectivity index (χ4v) is 3.70. The number of rotatable bonds is 13. The monoisotopic (exact) mass is 390 g/mol. The van der Waals surface area contributed by atoms with Gasteiger partial charge in [-0.2, -0.15) is 0 Å². The smallest absolute Gasteiger partial charge is 0.366 e. The number of hydrogen-bond acceptors (Lipinski definition) is 4. The highest BCUT2D eigenvalue weighted by Gasteiger charge is 2.33. The summed E-state index contributed by atoms with van der Waals surface area (Å²) in [6.07, 6.45) is 22.0. The van der Waals surface area contributed by atoms with Crippen LogP contribution in [0.15, 0.2) is 42.2 Å². The Morgan fingerprint density at radius 1 is 1.14 bits per heavy atom. The first-order valence-electron chi connectivity index (χ1n) is 10.7. The van der Waals surface area contributed by atoms with E-state index in [1.165, 1.54) is 38.2 Å². The van der Waals surface area contributed by atoms with Gasteiger partial charge in [-0.15, -0.1) is 5.73 Å². The number of esters is 1. The molecule has 158 valence electrons. The molecule has 0 aliphatic heterocycles. The molecule has 4 heteroatoms. The Hall–Kier alpha value is -1.61. The molecule has 28 heavy (non-hydrogen) atoms. The van der Waals surface area contributed by atoms with Crippen LogP contribution in [-0.2, 0) is 9.53 Å². The van der Waals surface area contributed by atoms with E-state index >= 15 is 0 Å². The van der Waals surface area contributed by atoms with Crippen molar-refractivity contribution in [3.05, 3.63) is 42.2 Å². The number of hydrogen-bond donors (Lipinski definition) is 2.